The van der Waals surface area contributed by atoms with Crippen molar-refractivity contribution in [2.24, 2.45) is 0 Å². The summed E-state index contributed by atoms with van der Waals surface area (Å²) in [5.74, 6) is -0.0700. The normalized spacial score (nSPS) is 9.69. The highest BCUT2D eigenvalue weighted by molar-refractivity contribution is 9.10. The zero-order valence-electron chi connectivity index (χ0n) is 9.04. The maximum Gasteiger partial charge on any atom is 0.411 e. The van der Waals surface area contributed by atoms with Gasteiger partial charge in [-0.25, -0.2) is 4.79 Å². The van der Waals surface area contributed by atoms with Crippen LogP contribution in [0, 0.1) is 0 Å². The molecule has 0 radical (unpaired) electrons. The lowest BCUT2D eigenvalue weighted by atomic mass is 10.1. The highest BCUT2D eigenvalue weighted by atomic mass is 79.9. The third kappa shape index (κ3) is 3.34. The average molecular weight is 286 g/mol. The van der Waals surface area contributed by atoms with Crippen molar-refractivity contribution in [3.63, 3.8) is 0 Å². The second kappa shape index (κ2) is 5.65. The van der Waals surface area contributed by atoms with Crippen LogP contribution in [-0.4, -0.2) is 18.5 Å². The van der Waals surface area contributed by atoms with Crippen LogP contribution in [0.2, 0.25) is 0 Å². The molecular formula is C11H12BrNO3. The van der Waals surface area contributed by atoms with E-state index in [0.29, 0.717) is 22.3 Å². The summed E-state index contributed by atoms with van der Waals surface area (Å²) in [4.78, 5) is 22.4. The average Bonchev–Trinajstić information content (AvgIpc) is 2.21. The Morgan fingerprint density at radius 2 is 2.12 bits per heavy atom. The molecule has 0 unspecified atom stereocenters. The van der Waals surface area contributed by atoms with Crippen molar-refractivity contribution in [3.05, 3.63) is 28.2 Å². The van der Waals surface area contributed by atoms with Gasteiger partial charge >= 0.3 is 6.09 Å². The van der Waals surface area contributed by atoms with Gasteiger partial charge in [-0.3, -0.25) is 10.1 Å². The maximum atomic E-state index is 11.3. The van der Waals surface area contributed by atoms with Crippen molar-refractivity contribution in [1.82, 2.24) is 0 Å². The molecule has 5 heteroatoms. The summed E-state index contributed by atoms with van der Waals surface area (Å²) >= 11 is 3.26. The van der Waals surface area contributed by atoms with Crippen LogP contribution in [-0.2, 0) is 4.74 Å². The Bertz CT molecular complexity index is 418. The van der Waals surface area contributed by atoms with Gasteiger partial charge in [0.05, 0.1) is 6.61 Å². The number of rotatable bonds is 3. The molecule has 0 aromatic heterocycles. The summed E-state index contributed by atoms with van der Waals surface area (Å²) in [5, 5.41) is 2.53. The summed E-state index contributed by atoms with van der Waals surface area (Å²) in [6, 6.07) is 5.00. The fourth-order valence-corrected chi connectivity index (χ4v) is 1.68. The molecule has 0 heterocycles. The number of carbonyl (C=O) groups excluding carboxylic acids is 2. The first-order chi connectivity index (χ1) is 7.54. The van der Waals surface area contributed by atoms with Crippen LogP contribution >= 0.6 is 15.9 Å². The van der Waals surface area contributed by atoms with Gasteiger partial charge in [-0.1, -0.05) is 15.9 Å². The second-order valence-electron chi connectivity index (χ2n) is 3.10. The SMILES string of the molecule is CCOC(=O)Nc1ccc(Br)c(C(C)=O)c1. The molecule has 1 aromatic carbocycles. The van der Waals surface area contributed by atoms with E-state index in [-0.39, 0.29) is 5.78 Å². The highest BCUT2D eigenvalue weighted by Gasteiger charge is 2.08. The number of anilines is 1. The first kappa shape index (κ1) is 12.7. The predicted molar refractivity (Wildman–Crippen MR) is 64.8 cm³/mol. The molecule has 0 aliphatic heterocycles. The van der Waals surface area contributed by atoms with E-state index in [1.165, 1.54) is 6.92 Å². The number of Topliss-reactive ketones (excluding diaryl/α,β-unsaturated/α-hetero) is 1. The summed E-state index contributed by atoms with van der Waals surface area (Å²) in [7, 11) is 0. The van der Waals surface area contributed by atoms with Gasteiger partial charge in [-0.2, -0.15) is 0 Å². The Morgan fingerprint density at radius 1 is 1.44 bits per heavy atom. The number of carbonyl (C=O) groups is 2. The van der Waals surface area contributed by atoms with Crippen molar-refractivity contribution in [2.45, 2.75) is 13.8 Å². The number of ether oxygens (including phenoxy) is 1. The second-order valence-corrected chi connectivity index (χ2v) is 3.95. The van der Waals surface area contributed by atoms with E-state index in [0.717, 1.165) is 0 Å². The fourth-order valence-electron chi connectivity index (χ4n) is 1.16. The zero-order valence-corrected chi connectivity index (χ0v) is 10.6. The van der Waals surface area contributed by atoms with Crippen LogP contribution in [0.1, 0.15) is 24.2 Å². The van der Waals surface area contributed by atoms with Gasteiger partial charge in [0.1, 0.15) is 0 Å². The lowest BCUT2D eigenvalue weighted by Crippen LogP contribution is -2.13. The van der Waals surface area contributed by atoms with Gasteiger partial charge in [0.2, 0.25) is 0 Å². The number of ketones is 1. The lowest BCUT2D eigenvalue weighted by Gasteiger charge is -2.07. The molecule has 0 saturated heterocycles. The molecule has 0 aliphatic carbocycles. The summed E-state index contributed by atoms with van der Waals surface area (Å²) < 4.78 is 5.43. The zero-order chi connectivity index (χ0) is 12.1. The van der Waals surface area contributed by atoms with E-state index < -0.39 is 6.09 Å². The van der Waals surface area contributed by atoms with Gasteiger partial charge in [0.15, 0.2) is 5.78 Å². The van der Waals surface area contributed by atoms with E-state index in [1.54, 1.807) is 25.1 Å². The Labute approximate surface area is 102 Å². The van der Waals surface area contributed by atoms with E-state index in [9.17, 15) is 9.59 Å². The van der Waals surface area contributed by atoms with Crippen LogP contribution in [0.4, 0.5) is 10.5 Å². The molecule has 0 fully saturated rings. The van der Waals surface area contributed by atoms with Crippen LogP contribution in [0.5, 0.6) is 0 Å². The summed E-state index contributed by atoms with van der Waals surface area (Å²) in [6.45, 7) is 3.50. The molecule has 1 aromatic rings. The molecule has 4 nitrogen and oxygen atoms in total. The summed E-state index contributed by atoms with van der Waals surface area (Å²) in [6.07, 6.45) is -0.528. The molecule has 1 amide bonds. The molecule has 86 valence electrons. The van der Waals surface area contributed by atoms with Crippen molar-refractivity contribution in [3.8, 4) is 0 Å². The van der Waals surface area contributed by atoms with Crippen LogP contribution in [0.3, 0.4) is 0 Å². The Morgan fingerprint density at radius 3 is 2.69 bits per heavy atom. The Hall–Kier alpha value is -1.36. The lowest BCUT2D eigenvalue weighted by molar-refractivity contribution is 0.101. The van der Waals surface area contributed by atoms with Crippen LogP contribution in [0.25, 0.3) is 0 Å². The topological polar surface area (TPSA) is 55.4 Å². The highest BCUT2D eigenvalue weighted by Crippen LogP contribution is 2.21. The van der Waals surface area contributed by atoms with Gasteiger partial charge < -0.3 is 4.74 Å². The molecule has 0 atom stereocenters. The van der Waals surface area contributed by atoms with Crippen molar-refractivity contribution < 1.29 is 14.3 Å². The van der Waals surface area contributed by atoms with E-state index >= 15 is 0 Å². The molecule has 0 spiro atoms. The quantitative estimate of drug-likeness (QED) is 0.868. The van der Waals surface area contributed by atoms with Crippen LogP contribution in [0.15, 0.2) is 22.7 Å². The number of hydrogen-bond donors (Lipinski definition) is 1. The van der Waals surface area contributed by atoms with Crippen molar-refractivity contribution in [2.75, 3.05) is 11.9 Å². The van der Waals surface area contributed by atoms with Gasteiger partial charge in [-0.15, -0.1) is 0 Å². The summed E-state index contributed by atoms with van der Waals surface area (Å²) in [5.41, 5.74) is 1.06. The monoisotopic (exact) mass is 285 g/mol. The maximum absolute atomic E-state index is 11.3. The minimum atomic E-state index is -0.528. The largest absolute Gasteiger partial charge is 0.450 e. The van der Waals surface area contributed by atoms with Crippen molar-refractivity contribution >= 4 is 33.5 Å². The fraction of sp³-hybridized carbons (Fsp3) is 0.273. The van der Waals surface area contributed by atoms with E-state index in [2.05, 4.69) is 21.2 Å². The minimum Gasteiger partial charge on any atom is -0.450 e. The number of benzene rings is 1. The Kier molecular flexibility index (Phi) is 4.49. The van der Waals surface area contributed by atoms with Gasteiger partial charge in [0.25, 0.3) is 0 Å². The number of nitrogens with one attached hydrogen (secondary N) is 1. The first-order valence-corrected chi connectivity index (χ1v) is 5.58. The predicted octanol–water partition coefficient (Wildman–Crippen LogP) is 3.22. The Balaban J connectivity index is 2.87. The number of amides is 1. The smallest absolute Gasteiger partial charge is 0.411 e. The third-order valence-corrected chi connectivity index (χ3v) is 2.56. The molecule has 1 rings (SSSR count). The molecule has 16 heavy (non-hydrogen) atoms. The standard InChI is InChI=1S/C11H12BrNO3/c1-3-16-11(15)13-8-4-5-10(12)9(6-8)7(2)14/h4-6H,3H2,1-2H3,(H,13,15). The molecule has 0 aliphatic rings. The molecule has 0 saturated carbocycles. The number of halogens is 1. The molecule has 1 N–H and O–H groups in total. The van der Waals surface area contributed by atoms with E-state index in [4.69, 9.17) is 4.74 Å². The van der Waals surface area contributed by atoms with E-state index in [1.807, 2.05) is 0 Å². The first-order valence-electron chi connectivity index (χ1n) is 4.79. The van der Waals surface area contributed by atoms with Crippen LogP contribution < -0.4 is 5.32 Å². The molecular weight excluding hydrogens is 274 g/mol. The molecule has 0 bridgehead atoms. The van der Waals surface area contributed by atoms with Crippen molar-refractivity contribution in [1.29, 1.82) is 0 Å². The number of hydrogen-bond acceptors (Lipinski definition) is 3. The van der Waals surface area contributed by atoms with Gasteiger partial charge in [-0.05, 0) is 32.0 Å². The third-order valence-electron chi connectivity index (χ3n) is 1.87. The van der Waals surface area contributed by atoms with Gasteiger partial charge in [0, 0.05) is 15.7 Å². The minimum absolute atomic E-state index is 0.0700.